The zero-order valence-corrected chi connectivity index (χ0v) is 7.50. The van der Waals surface area contributed by atoms with E-state index in [-0.39, 0.29) is 5.91 Å². The molecule has 0 bridgehead atoms. The Bertz CT molecular complexity index is 265. The van der Waals surface area contributed by atoms with Crippen LogP contribution in [0.1, 0.15) is 24.3 Å². The largest absolute Gasteiger partial charge is 0.351 e. The molecular weight excluding hydrogens is 152 g/mol. The summed E-state index contributed by atoms with van der Waals surface area (Å²) in [4.78, 5) is 11.4. The van der Waals surface area contributed by atoms with Gasteiger partial charge in [0.15, 0.2) is 0 Å². The first kappa shape index (κ1) is 8.84. The van der Waals surface area contributed by atoms with E-state index in [4.69, 9.17) is 0 Å². The first-order valence-corrected chi connectivity index (χ1v) is 4.23. The summed E-state index contributed by atoms with van der Waals surface area (Å²) in [6, 6.07) is 3.71. The first-order valence-electron chi connectivity index (χ1n) is 4.23. The maximum atomic E-state index is 11.4. The van der Waals surface area contributed by atoms with Gasteiger partial charge < -0.3 is 9.88 Å². The minimum Gasteiger partial charge on any atom is -0.351 e. The van der Waals surface area contributed by atoms with Gasteiger partial charge in [0.25, 0.3) is 5.91 Å². The zero-order valence-electron chi connectivity index (χ0n) is 7.50. The van der Waals surface area contributed by atoms with Crippen LogP contribution in [0.4, 0.5) is 0 Å². The van der Waals surface area contributed by atoms with Crippen molar-refractivity contribution in [1.82, 2.24) is 9.88 Å². The van der Waals surface area contributed by atoms with Crippen LogP contribution in [0.5, 0.6) is 0 Å². The van der Waals surface area contributed by atoms with Gasteiger partial charge in [-0.2, -0.15) is 0 Å². The Hall–Kier alpha value is -1.25. The second-order valence-corrected chi connectivity index (χ2v) is 2.54. The van der Waals surface area contributed by atoms with Crippen LogP contribution in [-0.2, 0) is 6.54 Å². The van der Waals surface area contributed by atoms with E-state index in [2.05, 4.69) is 5.32 Å². The lowest BCUT2D eigenvalue weighted by Crippen LogP contribution is -2.25. The van der Waals surface area contributed by atoms with Crippen molar-refractivity contribution in [2.24, 2.45) is 0 Å². The molecule has 0 saturated carbocycles. The van der Waals surface area contributed by atoms with E-state index in [9.17, 15) is 4.79 Å². The Labute approximate surface area is 72.4 Å². The van der Waals surface area contributed by atoms with Crippen molar-refractivity contribution in [3.63, 3.8) is 0 Å². The van der Waals surface area contributed by atoms with E-state index in [0.717, 1.165) is 12.2 Å². The molecule has 1 amide bonds. The second kappa shape index (κ2) is 3.95. The number of carbonyl (C=O) groups excluding carboxylic acids is 1. The van der Waals surface area contributed by atoms with Gasteiger partial charge in [0.2, 0.25) is 0 Å². The summed E-state index contributed by atoms with van der Waals surface area (Å²) in [5, 5.41) is 2.76. The third-order valence-electron chi connectivity index (χ3n) is 1.74. The van der Waals surface area contributed by atoms with Crippen molar-refractivity contribution in [3.8, 4) is 0 Å². The van der Waals surface area contributed by atoms with E-state index in [1.54, 1.807) is 0 Å². The molecule has 0 atom stereocenters. The molecule has 0 spiro atoms. The number of amides is 1. The number of aryl methyl sites for hydroxylation is 1. The monoisotopic (exact) mass is 166 g/mol. The number of hydrogen-bond donors (Lipinski definition) is 1. The highest BCUT2D eigenvalue weighted by Gasteiger charge is 2.07. The van der Waals surface area contributed by atoms with Crippen LogP contribution in [0.15, 0.2) is 18.3 Å². The molecule has 1 heterocycles. The molecule has 1 aromatic rings. The molecule has 1 aromatic heterocycles. The van der Waals surface area contributed by atoms with Crippen molar-refractivity contribution >= 4 is 5.91 Å². The molecule has 0 aliphatic rings. The SMILES string of the molecule is CCNC(=O)c1cccn1CC. The number of aromatic nitrogens is 1. The Morgan fingerprint density at radius 2 is 2.33 bits per heavy atom. The van der Waals surface area contributed by atoms with Gasteiger partial charge in [0.05, 0.1) is 0 Å². The smallest absolute Gasteiger partial charge is 0.267 e. The predicted molar refractivity (Wildman–Crippen MR) is 48.1 cm³/mol. The highest BCUT2D eigenvalue weighted by atomic mass is 16.1. The number of rotatable bonds is 3. The summed E-state index contributed by atoms with van der Waals surface area (Å²) in [5.74, 6) is 0.00403. The summed E-state index contributed by atoms with van der Waals surface area (Å²) < 4.78 is 1.92. The first-order chi connectivity index (χ1) is 5.79. The predicted octanol–water partition coefficient (Wildman–Crippen LogP) is 1.26. The average molecular weight is 166 g/mol. The minimum absolute atomic E-state index is 0.00403. The van der Waals surface area contributed by atoms with E-state index in [1.807, 2.05) is 36.7 Å². The lowest BCUT2D eigenvalue weighted by molar-refractivity contribution is 0.0946. The Morgan fingerprint density at radius 1 is 1.58 bits per heavy atom. The molecule has 0 aromatic carbocycles. The summed E-state index contributed by atoms with van der Waals surface area (Å²) in [5.41, 5.74) is 0.736. The fourth-order valence-corrected chi connectivity index (χ4v) is 1.15. The molecule has 0 unspecified atom stereocenters. The summed E-state index contributed by atoms with van der Waals surface area (Å²) in [7, 11) is 0. The zero-order chi connectivity index (χ0) is 8.97. The summed E-state index contributed by atoms with van der Waals surface area (Å²) in [6.07, 6.45) is 1.91. The van der Waals surface area contributed by atoms with Gasteiger partial charge in [0.1, 0.15) is 5.69 Å². The third kappa shape index (κ3) is 1.67. The Balaban J connectivity index is 2.79. The fraction of sp³-hybridized carbons (Fsp3) is 0.444. The van der Waals surface area contributed by atoms with E-state index in [0.29, 0.717) is 6.54 Å². The van der Waals surface area contributed by atoms with Gasteiger partial charge >= 0.3 is 0 Å². The highest BCUT2D eigenvalue weighted by molar-refractivity contribution is 5.92. The standard InChI is InChI=1S/C9H14N2O/c1-3-10-9(12)8-6-5-7-11(8)4-2/h5-7H,3-4H2,1-2H3,(H,10,12). The summed E-state index contributed by atoms with van der Waals surface area (Å²) in [6.45, 7) is 5.44. The number of nitrogens with one attached hydrogen (secondary N) is 1. The third-order valence-corrected chi connectivity index (χ3v) is 1.74. The van der Waals surface area contributed by atoms with Crippen molar-refractivity contribution in [2.75, 3.05) is 6.54 Å². The molecule has 0 radical (unpaired) electrons. The Kier molecular flexibility index (Phi) is 2.91. The normalized spacial score (nSPS) is 9.83. The molecule has 3 nitrogen and oxygen atoms in total. The van der Waals surface area contributed by atoms with E-state index < -0.39 is 0 Å². The maximum absolute atomic E-state index is 11.4. The highest BCUT2D eigenvalue weighted by Crippen LogP contribution is 2.01. The van der Waals surface area contributed by atoms with Crippen molar-refractivity contribution in [3.05, 3.63) is 24.0 Å². The fourth-order valence-electron chi connectivity index (χ4n) is 1.15. The van der Waals surface area contributed by atoms with Gasteiger partial charge in [-0.05, 0) is 26.0 Å². The van der Waals surface area contributed by atoms with Crippen LogP contribution in [0.3, 0.4) is 0 Å². The van der Waals surface area contributed by atoms with E-state index >= 15 is 0 Å². The van der Waals surface area contributed by atoms with Crippen molar-refractivity contribution in [1.29, 1.82) is 0 Å². The van der Waals surface area contributed by atoms with Gasteiger partial charge in [-0.15, -0.1) is 0 Å². The molecule has 12 heavy (non-hydrogen) atoms. The van der Waals surface area contributed by atoms with Crippen LogP contribution in [0, 0.1) is 0 Å². The maximum Gasteiger partial charge on any atom is 0.267 e. The van der Waals surface area contributed by atoms with E-state index in [1.165, 1.54) is 0 Å². The average Bonchev–Trinajstić information content (AvgIpc) is 2.51. The minimum atomic E-state index is 0.00403. The van der Waals surface area contributed by atoms with Gasteiger partial charge in [0, 0.05) is 19.3 Å². The van der Waals surface area contributed by atoms with Gasteiger partial charge in [-0.1, -0.05) is 0 Å². The van der Waals surface area contributed by atoms with Crippen molar-refractivity contribution in [2.45, 2.75) is 20.4 Å². The number of carbonyl (C=O) groups is 1. The second-order valence-electron chi connectivity index (χ2n) is 2.54. The topological polar surface area (TPSA) is 34.0 Å². The molecule has 0 fully saturated rings. The van der Waals surface area contributed by atoms with Crippen LogP contribution < -0.4 is 5.32 Å². The number of hydrogen-bond acceptors (Lipinski definition) is 1. The molecule has 66 valence electrons. The molecule has 0 saturated heterocycles. The van der Waals surface area contributed by atoms with Crippen LogP contribution in [-0.4, -0.2) is 17.0 Å². The lowest BCUT2D eigenvalue weighted by atomic mass is 10.4. The van der Waals surface area contributed by atoms with Gasteiger partial charge in [-0.25, -0.2) is 0 Å². The van der Waals surface area contributed by atoms with Crippen LogP contribution in [0.2, 0.25) is 0 Å². The summed E-state index contributed by atoms with van der Waals surface area (Å²) >= 11 is 0. The quantitative estimate of drug-likeness (QED) is 0.720. The lowest BCUT2D eigenvalue weighted by Gasteiger charge is -2.05. The van der Waals surface area contributed by atoms with Crippen LogP contribution in [0.25, 0.3) is 0 Å². The molecule has 0 aliphatic heterocycles. The van der Waals surface area contributed by atoms with Crippen LogP contribution >= 0.6 is 0 Å². The Morgan fingerprint density at radius 3 is 2.92 bits per heavy atom. The molecule has 3 heteroatoms. The number of nitrogens with zero attached hydrogens (tertiary/aromatic N) is 1. The van der Waals surface area contributed by atoms with Gasteiger partial charge in [-0.3, -0.25) is 4.79 Å². The molecule has 1 N–H and O–H groups in total. The molecular formula is C9H14N2O. The molecule has 1 rings (SSSR count). The van der Waals surface area contributed by atoms with Crippen molar-refractivity contribution < 1.29 is 4.79 Å². The molecule has 0 aliphatic carbocycles.